The summed E-state index contributed by atoms with van der Waals surface area (Å²) in [7, 11) is 1.58. The second-order valence-corrected chi connectivity index (χ2v) is 10.5. The summed E-state index contributed by atoms with van der Waals surface area (Å²) in [6, 6.07) is 13.5. The van der Waals surface area contributed by atoms with Gasteiger partial charge in [0.1, 0.15) is 23.2 Å². The normalized spacial score (nSPS) is 16.5. The molecule has 0 spiro atoms. The molecule has 1 heterocycles. The van der Waals surface area contributed by atoms with Crippen molar-refractivity contribution in [3.05, 3.63) is 72.1 Å². The van der Waals surface area contributed by atoms with Crippen molar-refractivity contribution in [2.75, 3.05) is 13.6 Å². The first kappa shape index (κ1) is 29.6. The highest BCUT2D eigenvalue weighted by Crippen LogP contribution is 2.31. The largest absolute Gasteiger partial charge is 0.497 e. The molecule has 9 heteroatoms. The van der Waals surface area contributed by atoms with Crippen molar-refractivity contribution in [2.45, 2.75) is 65.4 Å². The number of esters is 1. The van der Waals surface area contributed by atoms with Gasteiger partial charge in [0, 0.05) is 25.7 Å². The van der Waals surface area contributed by atoms with Gasteiger partial charge in [-0.1, -0.05) is 31.9 Å². The maximum absolute atomic E-state index is 12.6. The van der Waals surface area contributed by atoms with Crippen molar-refractivity contribution >= 4 is 29.7 Å². The van der Waals surface area contributed by atoms with E-state index in [2.05, 4.69) is 11.9 Å². The number of carbonyl (C=O) groups excluding carboxylic acids is 3. The number of nitrogens with zero attached hydrogens (tertiary/aromatic N) is 3. The highest BCUT2D eigenvalue weighted by molar-refractivity contribution is 6.10. The third-order valence-corrected chi connectivity index (χ3v) is 6.30. The third-order valence-electron chi connectivity index (χ3n) is 6.30. The van der Waals surface area contributed by atoms with Crippen LogP contribution in [0.4, 0.5) is 15.3 Å². The SMILES string of the molecule is CCCCCc1ccc(C(=O)Oc2ccc([N+]3(C(=O)[O-])C=CN=C3CCN(C)C(=O)OC(C)(C)C)cc2)cc1. The minimum absolute atomic E-state index is 0.169. The van der Waals surface area contributed by atoms with E-state index in [9.17, 15) is 19.5 Å². The van der Waals surface area contributed by atoms with Crippen molar-refractivity contribution in [2.24, 2.45) is 4.99 Å². The molecular weight excluding hydrogens is 498 g/mol. The Morgan fingerprint density at radius 1 is 0.974 bits per heavy atom. The predicted molar refractivity (Wildman–Crippen MR) is 148 cm³/mol. The lowest BCUT2D eigenvalue weighted by Gasteiger charge is -2.32. The fraction of sp³-hybridized carbons (Fsp3) is 0.400. The number of amides is 2. The van der Waals surface area contributed by atoms with Crippen LogP contribution in [-0.4, -0.2) is 48.1 Å². The third kappa shape index (κ3) is 7.54. The number of carbonyl (C=O) groups is 3. The Morgan fingerprint density at radius 2 is 1.64 bits per heavy atom. The van der Waals surface area contributed by atoms with E-state index in [-0.39, 0.29) is 24.6 Å². The van der Waals surface area contributed by atoms with Crippen molar-refractivity contribution in [3.8, 4) is 5.75 Å². The van der Waals surface area contributed by atoms with Crippen LogP contribution < -0.4 is 14.3 Å². The van der Waals surface area contributed by atoms with Gasteiger partial charge in [-0.25, -0.2) is 14.6 Å². The van der Waals surface area contributed by atoms with Crippen molar-refractivity contribution in [3.63, 3.8) is 0 Å². The van der Waals surface area contributed by atoms with E-state index in [0.29, 0.717) is 11.3 Å². The van der Waals surface area contributed by atoms with Gasteiger partial charge in [-0.2, -0.15) is 4.48 Å². The first-order chi connectivity index (χ1) is 18.5. The Bertz CT molecular complexity index is 1230. The van der Waals surface area contributed by atoms with Gasteiger partial charge in [0.25, 0.3) is 6.09 Å². The molecule has 2 aromatic rings. The first-order valence-corrected chi connectivity index (χ1v) is 13.2. The van der Waals surface area contributed by atoms with Crippen LogP contribution in [0.25, 0.3) is 0 Å². The Balaban J connectivity index is 1.68. The lowest BCUT2D eigenvalue weighted by atomic mass is 10.1. The molecule has 9 nitrogen and oxygen atoms in total. The fourth-order valence-electron chi connectivity index (χ4n) is 4.14. The maximum atomic E-state index is 12.6. The molecular formula is C30H37N3O6. The number of aliphatic imine (C=N–C) groups is 1. The van der Waals surface area contributed by atoms with Crippen molar-refractivity contribution in [1.29, 1.82) is 0 Å². The molecule has 0 aliphatic carbocycles. The molecule has 1 atom stereocenters. The average molecular weight is 536 g/mol. The van der Waals surface area contributed by atoms with Crippen LogP contribution in [0.5, 0.6) is 5.75 Å². The van der Waals surface area contributed by atoms with E-state index < -0.39 is 28.2 Å². The number of rotatable bonds is 10. The summed E-state index contributed by atoms with van der Waals surface area (Å²) in [6.07, 6.45) is 5.47. The van der Waals surface area contributed by atoms with Gasteiger partial charge in [0.05, 0.1) is 18.2 Å². The predicted octanol–water partition coefficient (Wildman–Crippen LogP) is 5.43. The monoisotopic (exact) mass is 535 g/mol. The van der Waals surface area contributed by atoms with Crippen LogP contribution in [0, 0.1) is 0 Å². The minimum Gasteiger partial charge on any atom is -0.497 e. The average Bonchev–Trinajstić information content (AvgIpc) is 3.32. The van der Waals surface area contributed by atoms with Gasteiger partial charge < -0.3 is 24.3 Å². The van der Waals surface area contributed by atoms with Gasteiger partial charge >= 0.3 is 12.1 Å². The van der Waals surface area contributed by atoms with Gasteiger partial charge in [0.15, 0.2) is 0 Å². The van der Waals surface area contributed by atoms with Crippen LogP contribution in [0.2, 0.25) is 0 Å². The summed E-state index contributed by atoms with van der Waals surface area (Å²) in [4.78, 5) is 43.0. The van der Waals surface area contributed by atoms with Crippen LogP contribution in [0.1, 0.15) is 69.3 Å². The highest BCUT2D eigenvalue weighted by Gasteiger charge is 2.41. The minimum atomic E-state index is -1.40. The molecule has 1 aliphatic rings. The van der Waals surface area contributed by atoms with Crippen LogP contribution >= 0.6 is 0 Å². The number of hydrogen-bond donors (Lipinski definition) is 0. The van der Waals surface area contributed by atoms with Crippen LogP contribution in [0.15, 0.2) is 65.9 Å². The van der Waals surface area contributed by atoms with E-state index in [1.54, 1.807) is 52.1 Å². The van der Waals surface area contributed by atoms with Gasteiger partial charge in [-0.05, 0) is 63.4 Å². The summed E-state index contributed by atoms with van der Waals surface area (Å²) < 4.78 is 10.1. The zero-order valence-electron chi connectivity index (χ0n) is 23.3. The van der Waals surface area contributed by atoms with E-state index in [1.165, 1.54) is 41.4 Å². The molecule has 0 saturated heterocycles. The quantitative estimate of drug-likeness (QED) is 0.174. The molecule has 208 valence electrons. The number of quaternary nitrogens is 1. The number of amidine groups is 1. The second kappa shape index (κ2) is 12.7. The highest BCUT2D eigenvalue weighted by atomic mass is 16.6. The number of ether oxygens (including phenoxy) is 2. The molecule has 2 amide bonds. The fourth-order valence-corrected chi connectivity index (χ4v) is 4.14. The molecule has 0 aromatic heterocycles. The molecule has 0 saturated carbocycles. The maximum Gasteiger partial charge on any atom is 0.410 e. The molecule has 0 fully saturated rings. The van der Waals surface area contributed by atoms with Gasteiger partial charge in [0.2, 0.25) is 5.84 Å². The Hall–Kier alpha value is -3.98. The van der Waals surface area contributed by atoms with E-state index in [4.69, 9.17) is 9.47 Å². The number of hydrogen-bond acceptors (Lipinski definition) is 7. The van der Waals surface area contributed by atoms with E-state index in [1.807, 2.05) is 12.1 Å². The zero-order chi connectivity index (χ0) is 28.6. The van der Waals surface area contributed by atoms with Crippen LogP contribution in [0.3, 0.4) is 0 Å². The molecule has 3 rings (SSSR count). The summed E-state index contributed by atoms with van der Waals surface area (Å²) in [5.41, 5.74) is 1.31. The summed E-state index contributed by atoms with van der Waals surface area (Å²) >= 11 is 0. The standard InChI is InChI=1S/C30H37N3O6/c1-6-7-8-9-22-10-12-23(13-11-22)27(34)38-25-16-14-24(15-17-25)33(29(36)37)21-19-31-26(33)18-20-32(5)28(35)39-30(2,3)4/h10-17,19,21H,6-9,18,20H2,1-5H3. The Morgan fingerprint density at radius 3 is 2.23 bits per heavy atom. The zero-order valence-corrected chi connectivity index (χ0v) is 23.3. The van der Waals surface area contributed by atoms with Gasteiger partial charge in [-0.15, -0.1) is 0 Å². The number of carboxylic acid groups (broad SMARTS) is 1. The van der Waals surface area contributed by atoms with Crippen molar-refractivity contribution in [1.82, 2.24) is 9.38 Å². The second-order valence-electron chi connectivity index (χ2n) is 10.5. The summed E-state index contributed by atoms with van der Waals surface area (Å²) in [5, 5.41) is 12.4. The smallest absolute Gasteiger partial charge is 0.410 e. The summed E-state index contributed by atoms with van der Waals surface area (Å²) in [6.45, 7) is 7.67. The first-order valence-electron chi connectivity index (χ1n) is 13.2. The molecule has 1 aliphatic heterocycles. The lowest BCUT2D eigenvalue weighted by Crippen LogP contribution is -2.59. The van der Waals surface area contributed by atoms with Crippen LogP contribution in [-0.2, 0) is 11.2 Å². The molecule has 39 heavy (non-hydrogen) atoms. The van der Waals surface area contributed by atoms with Gasteiger partial charge in [-0.3, -0.25) is 0 Å². The molecule has 1 unspecified atom stereocenters. The van der Waals surface area contributed by atoms with E-state index >= 15 is 0 Å². The topological polar surface area (TPSA) is 108 Å². The molecule has 0 bridgehead atoms. The van der Waals surface area contributed by atoms with Crippen molar-refractivity contribution < 1.29 is 29.0 Å². The summed E-state index contributed by atoms with van der Waals surface area (Å²) in [5.74, 6) is 0.0490. The molecule has 0 radical (unpaired) electrons. The van der Waals surface area contributed by atoms with E-state index in [0.717, 1.165) is 19.3 Å². The molecule has 0 N–H and O–H groups in total. The Kier molecular flexibility index (Phi) is 9.64. The number of benzene rings is 2. The lowest BCUT2D eigenvalue weighted by molar-refractivity contribution is -0.257. The molecule has 2 aromatic carbocycles. The number of aryl methyl sites for hydroxylation is 1. The number of unbranched alkanes of at least 4 members (excludes halogenated alkanes) is 2. The Labute approximate surface area is 229 Å².